The molecule has 0 spiro atoms. The Kier molecular flexibility index (Phi) is 65.1. The maximum Gasteiger partial charge on any atom is 0.472 e. The number of hydrogen-bond donors (Lipinski definition) is 2. The summed E-state index contributed by atoms with van der Waals surface area (Å²) in [5.41, 5.74) is 5.39. The molecule has 2 unspecified atom stereocenters. The molecule has 0 bridgehead atoms. The highest BCUT2D eigenvalue weighted by Crippen LogP contribution is 2.43. The second-order valence-corrected chi connectivity index (χ2v) is 24.1. The average molecular weight is 1180 g/mol. The molecule has 0 aliphatic heterocycles. The molecule has 0 aromatic carbocycles. The summed E-state index contributed by atoms with van der Waals surface area (Å²) >= 11 is 0. The Balaban J connectivity index is 3.82. The van der Waals surface area contributed by atoms with Gasteiger partial charge in [0.05, 0.1) is 13.2 Å². The molecule has 0 amide bonds. The van der Waals surface area contributed by atoms with Gasteiger partial charge in [0.15, 0.2) is 6.10 Å². The highest BCUT2D eigenvalue weighted by Gasteiger charge is 2.26. The van der Waals surface area contributed by atoms with E-state index in [4.69, 9.17) is 24.3 Å². The number of ether oxygens (including phenoxy) is 2. The molecule has 0 fully saturated rings. The second-order valence-electron chi connectivity index (χ2n) is 22.7. The minimum absolute atomic E-state index is 0.0423. The Hall–Kier alpha value is -3.33. The van der Waals surface area contributed by atoms with Gasteiger partial charge < -0.3 is 20.1 Å². The molecule has 0 aliphatic rings. The minimum atomic E-state index is -4.41. The third-order valence-electron chi connectivity index (χ3n) is 14.6. The van der Waals surface area contributed by atoms with E-state index in [-0.39, 0.29) is 32.6 Å². The molecule has 0 rings (SSSR count). The molecule has 0 radical (unpaired) electrons. The van der Waals surface area contributed by atoms with Crippen LogP contribution in [0, 0.1) is 0 Å². The lowest BCUT2D eigenvalue weighted by Gasteiger charge is -2.19. The fourth-order valence-electron chi connectivity index (χ4n) is 9.59. The van der Waals surface area contributed by atoms with Crippen molar-refractivity contribution < 1.29 is 37.6 Å². The molecule has 0 aromatic rings. The summed E-state index contributed by atoms with van der Waals surface area (Å²) in [5.74, 6) is -0.874. The van der Waals surface area contributed by atoms with Gasteiger partial charge in [0, 0.05) is 19.4 Å². The van der Waals surface area contributed by atoms with Gasteiger partial charge in [0.2, 0.25) is 0 Å². The Morgan fingerprint density at radius 2 is 0.663 bits per heavy atom. The van der Waals surface area contributed by atoms with Crippen molar-refractivity contribution in [2.45, 2.75) is 315 Å². The largest absolute Gasteiger partial charge is 0.472 e. The zero-order valence-electron chi connectivity index (χ0n) is 53.7. The van der Waals surface area contributed by atoms with Crippen molar-refractivity contribution in [2.24, 2.45) is 5.73 Å². The summed E-state index contributed by atoms with van der Waals surface area (Å²) in [6, 6.07) is 0. The van der Waals surface area contributed by atoms with E-state index >= 15 is 0 Å². The van der Waals surface area contributed by atoms with Crippen LogP contribution in [0.5, 0.6) is 0 Å². The third-order valence-corrected chi connectivity index (χ3v) is 15.6. The SMILES string of the molecule is CC/C=C\C/C=C\C/C=C\C/C=C\C/C=C\C/C=C\CCCCC(=O)OC(COC(=O)CCCCCCCCCCCCCCCCCCCCCCCCCCCC/C=C\C/C=C\C/C=C\CCCCCCC)COP(=O)(O)OCCN. The zero-order valence-corrected chi connectivity index (χ0v) is 54.5. The Bertz CT molecular complexity index is 1730. The van der Waals surface area contributed by atoms with Crippen molar-refractivity contribution in [2.75, 3.05) is 26.4 Å². The summed E-state index contributed by atoms with van der Waals surface area (Å²) in [5, 5.41) is 0. The predicted molar refractivity (Wildman–Crippen MR) is 358 cm³/mol. The van der Waals surface area contributed by atoms with Crippen LogP contribution in [0.2, 0.25) is 0 Å². The standard InChI is InChI=1S/C73H128NO8P/c1-3-5-7-9-11-13-15-17-19-21-23-25-26-27-28-29-30-31-32-33-34-35-36-37-38-39-40-41-42-43-44-46-47-49-51-53-55-57-59-61-63-65-72(75)79-69-71(70-81-83(77,78)80-68-67-74)82-73(76)66-64-62-60-58-56-54-52-50-48-45-24-22-20-18-16-14-12-10-8-6-4-2/h6,8,12,14-15,17-18,20-21,23-24,26-27,45,50,52,56,58,71H,3-5,7,9-11,13,16,19,22,25,28-44,46-49,51,53-55,57,59-70,74H2,1-2H3,(H,77,78)/b8-6-,14-12-,17-15-,20-18-,23-21-,27-26-,45-24-,52-50-,58-56-. The number of hydrogen-bond acceptors (Lipinski definition) is 8. The number of carbonyl (C=O) groups excluding carboxylic acids is 2. The van der Waals surface area contributed by atoms with E-state index < -0.39 is 32.5 Å². The fraction of sp³-hybridized carbons (Fsp3) is 0.726. The number of rotatable bonds is 64. The maximum absolute atomic E-state index is 12.7. The van der Waals surface area contributed by atoms with Gasteiger partial charge in [0.1, 0.15) is 6.61 Å². The summed E-state index contributed by atoms with van der Waals surface area (Å²) in [7, 11) is -4.41. The minimum Gasteiger partial charge on any atom is -0.462 e. The highest BCUT2D eigenvalue weighted by molar-refractivity contribution is 7.47. The van der Waals surface area contributed by atoms with E-state index in [2.05, 4.69) is 123 Å². The third kappa shape index (κ3) is 67.7. The van der Waals surface area contributed by atoms with Crippen molar-refractivity contribution >= 4 is 19.8 Å². The molecular weight excluding hydrogens is 1050 g/mol. The van der Waals surface area contributed by atoms with Gasteiger partial charge in [0.25, 0.3) is 0 Å². The van der Waals surface area contributed by atoms with Crippen LogP contribution in [0.25, 0.3) is 0 Å². The van der Waals surface area contributed by atoms with Crippen LogP contribution < -0.4 is 5.73 Å². The van der Waals surface area contributed by atoms with Gasteiger partial charge in [-0.2, -0.15) is 0 Å². The van der Waals surface area contributed by atoms with Gasteiger partial charge >= 0.3 is 19.8 Å². The molecular formula is C73H128NO8P. The molecule has 9 nitrogen and oxygen atoms in total. The van der Waals surface area contributed by atoms with Crippen molar-refractivity contribution in [3.63, 3.8) is 0 Å². The zero-order chi connectivity index (χ0) is 60.1. The number of carbonyl (C=O) groups is 2. The molecule has 0 saturated heterocycles. The topological polar surface area (TPSA) is 134 Å². The first-order valence-corrected chi connectivity index (χ1v) is 35.9. The van der Waals surface area contributed by atoms with Crippen LogP contribution in [-0.2, 0) is 32.7 Å². The normalized spacial score (nSPS) is 13.6. The van der Waals surface area contributed by atoms with Gasteiger partial charge in [-0.3, -0.25) is 18.6 Å². The number of unbranched alkanes of at least 4 members (excludes halogenated alkanes) is 33. The Labute approximate surface area is 511 Å². The van der Waals surface area contributed by atoms with Crippen LogP contribution in [0.3, 0.4) is 0 Å². The van der Waals surface area contributed by atoms with Gasteiger partial charge in [-0.25, -0.2) is 4.57 Å². The number of allylic oxidation sites excluding steroid dienone is 18. The first-order chi connectivity index (χ1) is 40.8. The van der Waals surface area contributed by atoms with Crippen LogP contribution in [-0.4, -0.2) is 49.3 Å². The summed E-state index contributed by atoms with van der Waals surface area (Å²) in [4.78, 5) is 35.3. The highest BCUT2D eigenvalue weighted by atomic mass is 31.2. The van der Waals surface area contributed by atoms with E-state index in [0.29, 0.717) is 6.42 Å². The fourth-order valence-corrected chi connectivity index (χ4v) is 10.4. The smallest absolute Gasteiger partial charge is 0.462 e. The van der Waals surface area contributed by atoms with Crippen LogP contribution >= 0.6 is 7.82 Å². The molecule has 0 heterocycles. The molecule has 3 N–H and O–H groups in total. The van der Waals surface area contributed by atoms with Crippen molar-refractivity contribution in [3.8, 4) is 0 Å². The molecule has 83 heavy (non-hydrogen) atoms. The lowest BCUT2D eigenvalue weighted by molar-refractivity contribution is -0.161. The maximum atomic E-state index is 12.7. The second kappa shape index (κ2) is 67.8. The number of phosphoric acid groups is 1. The monoisotopic (exact) mass is 1180 g/mol. The van der Waals surface area contributed by atoms with Gasteiger partial charge in [-0.1, -0.05) is 303 Å². The van der Waals surface area contributed by atoms with Gasteiger partial charge in [-0.05, 0) is 103 Å². The molecule has 10 heteroatoms. The average Bonchev–Trinajstić information content (AvgIpc) is 3.49. The first-order valence-electron chi connectivity index (χ1n) is 34.4. The molecule has 0 aliphatic carbocycles. The lowest BCUT2D eigenvalue weighted by Crippen LogP contribution is -2.29. The van der Waals surface area contributed by atoms with Crippen LogP contribution in [0.1, 0.15) is 309 Å². The van der Waals surface area contributed by atoms with Crippen molar-refractivity contribution in [3.05, 3.63) is 109 Å². The van der Waals surface area contributed by atoms with E-state index in [1.54, 1.807) is 0 Å². The first kappa shape index (κ1) is 79.7. The van der Waals surface area contributed by atoms with E-state index in [9.17, 15) is 19.0 Å². The molecule has 2 atom stereocenters. The number of esters is 2. The van der Waals surface area contributed by atoms with Crippen molar-refractivity contribution in [1.29, 1.82) is 0 Å². The summed E-state index contributed by atoms with van der Waals surface area (Å²) < 4.78 is 33.1. The molecule has 478 valence electrons. The van der Waals surface area contributed by atoms with E-state index in [1.165, 1.54) is 193 Å². The predicted octanol–water partition coefficient (Wildman–Crippen LogP) is 22.5. The summed E-state index contributed by atoms with van der Waals surface area (Å²) in [6.07, 6.45) is 93.5. The van der Waals surface area contributed by atoms with Crippen LogP contribution in [0.4, 0.5) is 0 Å². The van der Waals surface area contributed by atoms with Crippen LogP contribution in [0.15, 0.2) is 109 Å². The van der Waals surface area contributed by atoms with E-state index in [0.717, 1.165) is 83.5 Å². The van der Waals surface area contributed by atoms with Crippen molar-refractivity contribution in [1.82, 2.24) is 0 Å². The number of phosphoric ester groups is 1. The van der Waals surface area contributed by atoms with Gasteiger partial charge in [-0.15, -0.1) is 0 Å². The molecule has 0 aromatic heterocycles. The quantitative estimate of drug-likeness (QED) is 0.0264. The molecule has 0 saturated carbocycles. The Morgan fingerprint density at radius 1 is 0.373 bits per heavy atom. The van der Waals surface area contributed by atoms with E-state index in [1.807, 2.05) is 0 Å². The Morgan fingerprint density at radius 3 is 1.01 bits per heavy atom. The summed E-state index contributed by atoms with van der Waals surface area (Å²) in [6.45, 7) is 3.58. The lowest BCUT2D eigenvalue weighted by atomic mass is 10.0. The number of nitrogens with two attached hydrogens (primary N) is 1.